The van der Waals surface area contributed by atoms with Crippen LogP contribution >= 0.6 is 28.1 Å². The topological polar surface area (TPSA) is 33.6 Å². The first-order chi connectivity index (χ1) is 9.63. The average Bonchev–Trinajstić information content (AvgIpc) is 3.10. The van der Waals surface area contributed by atoms with Crippen LogP contribution in [0.5, 0.6) is 0 Å². The van der Waals surface area contributed by atoms with Crippen molar-refractivity contribution in [2.45, 2.75) is 38.6 Å². The molecule has 2 fully saturated rings. The van der Waals surface area contributed by atoms with E-state index in [1.807, 2.05) is 6.20 Å². The fourth-order valence-corrected chi connectivity index (χ4v) is 5.14. The molecule has 4 atom stereocenters. The van der Waals surface area contributed by atoms with Crippen LogP contribution in [0.2, 0.25) is 0 Å². The summed E-state index contributed by atoms with van der Waals surface area (Å²) < 4.78 is 4.03. The molecule has 0 spiro atoms. The largest absolute Gasteiger partial charge is 0.329 e. The number of hydrogen-bond donors (Lipinski definition) is 1. The number of pyridine rings is 1. The number of H-pyrrole nitrogens is 1. The van der Waals surface area contributed by atoms with Crippen molar-refractivity contribution in [3.63, 3.8) is 0 Å². The number of fused-ring (bicyclic) bond motifs is 3. The summed E-state index contributed by atoms with van der Waals surface area (Å²) in [6.07, 6.45) is 7.52. The van der Waals surface area contributed by atoms with Gasteiger partial charge in [-0.2, -0.15) is 0 Å². The van der Waals surface area contributed by atoms with E-state index in [4.69, 9.17) is 12.2 Å². The highest BCUT2D eigenvalue weighted by molar-refractivity contribution is 9.10. The van der Waals surface area contributed by atoms with E-state index in [9.17, 15) is 0 Å². The monoisotopic (exact) mass is 351 g/mol. The smallest absolute Gasteiger partial charge is 0.179 e. The molecule has 20 heavy (non-hydrogen) atoms. The highest BCUT2D eigenvalue weighted by Gasteiger charge is 2.42. The summed E-state index contributed by atoms with van der Waals surface area (Å²) in [5.74, 6) is 2.64. The summed E-state index contributed by atoms with van der Waals surface area (Å²) in [5, 5.41) is 0. The number of imidazole rings is 1. The number of rotatable bonds is 2. The molecule has 0 aromatic carbocycles. The predicted molar refractivity (Wildman–Crippen MR) is 86.3 cm³/mol. The number of aromatic amines is 1. The summed E-state index contributed by atoms with van der Waals surface area (Å²) in [6, 6.07) is 2.50. The first kappa shape index (κ1) is 13.0. The molecule has 4 rings (SSSR count). The van der Waals surface area contributed by atoms with Crippen LogP contribution in [0.3, 0.4) is 0 Å². The van der Waals surface area contributed by atoms with Crippen LogP contribution < -0.4 is 0 Å². The first-order valence-electron chi connectivity index (χ1n) is 7.39. The zero-order chi connectivity index (χ0) is 13.9. The van der Waals surface area contributed by atoms with E-state index in [1.54, 1.807) is 0 Å². The van der Waals surface area contributed by atoms with Gasteiger partial charge in [-0.3, -0.25) is 4.57 Å². The van der Waals surface area contributed by atoms with Crippen molar-refractivity contribution >= 4 is 39.3 Å². The Morgan fingerprint density at radius 2 is 2.30 bits per heavy atom. The normalized spacial score (nSPS) is 30.2. The van der Waals surface area contributed by atoms with Crippen molar-refractivity contribution in [2.24, 2.45) is 17.8 Å². The third kappa shape index (κ3) is 1.90. The van der Waals surface area contributed by atoms with Gasteiger partial charge in [0.2, 0.25) is 0 Å². The standard InChI is InChI=1S/C15H18BrN3S/c1-8(12-5-9-2-3-10(12)4-9)19-14-13(18-15(19)20)6-11(16)7-17-14/h6-10,12H,2-5H2,1H3,(H,18,20). The summed E-state index contributed by atoms with van der Waals surface area (Å²) in [5.41, 5.74) is 2.02. The highest BCUT2D eigenvalue weighted by Crippen LogP contribution is 2.52. The lowest BCUT2D eigenvalue weighted by Gasteiger charge is -2.28. The fraction of sp³-hybridized carbons (Fsp3) is 0.600. The van der Waals surface area contributed by atoms with E-state index < -0.39 is 0 Å². The summed E-state index contributed by atoms with van der Waals surface area (Å²) in [4.78, 5) is 7.88. The second-order valence-electron chi connectivity index (χ2n) is 6.40. The zero-order valence-electron chi connectivity index (χ0n) is 11.5. The van der Waals surface area contributed by atoms with E-state index >= 15 is 0 Å². The van der Waals surface area contributed by atoms with E-state index in [0.717, 1.165) is 38.2 Å². The molecular weight excluding hydrogens is 334 g/mol. The lowest BCUT2D eigenvalue weighted by atomic mass is 9.84. The number of nitrogens with zero attached hydrogens (tertiary/aromatic N) is 2. The van der Waals surface area contributed by atoms with Gasteiger partial charge in [-0.25, -0.2) is 4.98 Å². The predicted octanol–water partition coefficient (Wildman–Crippen LogP) is 4.85. The van der Waals surface area contributed by atoms with Gasteiger partial charge in [0.25, 0.3) is 0 Å². The Morgan fingerprint density at radius 3 is 3.00 bits per heavy atom. The minimum absolute atomic E-state index is 0.445. The van der Waals surface area contributed by atoms with Gasteiger partial charge in [0.05, 0.1) is 5.52 Å². The molecule has 2 aliphatic rings. The molecule has 2 aromatic rings. The molecule has 5 heteroatoms. The number of hydrogen-bond acceptors (Lipinski definition) is 2. The molecule has 0 saturated heterocycles. The van der Waals surface area contributed by atoms with Gasteiger partial charge in [-0.1, -0.05) is 6.42 Å². The van der Waals surface area contributed by atoms with E-state index in [1.165, 1.54) is 25.7 Å². The van der Waals surface area contributed by atoms with Crippen molar-refractivity contribution in [1.29, 1.82) is 0 Å². The van der Waals surface area contributed by atoms with Gasteiger partial charge in [-0.05, 0) is 78.2 Å². The SMILES string of the molecule is CC(C1CC2CCC1C2)n1c(=S)[nH]c2cc(Br)cnc21. The Kier molecular flexibility index (Phi) is 3.04. The van der Waals surface area contributed by atoms with Gasteiger partial charge in [0.15, 0.2) is 10.4 Å². The van der Waals surface area contributed by atoms with E-state index in [-0.39, 0.29) is 0 Å². The molecule has 0 radical (unpaired) electrons. The lowest BCUT2D eigenvalue weighted by Crippen LogP contribution is -2.22. The van der Waals surface area contributed by atoms with Crippen LogP contribution in [-0.2, 0) is 0 Å². The maximum atomic E-state index is 5.55. The van der Waals surface area contributed by atoms with Gasteiger partial charge < -0.3 is 4.98 Å². The molecule has 4 unspecified atom stereocenters. The van der Waals surface area contributed by atoms with Crippen LogP contribution in [0.15, 0.2) is 16.7 Å². The number of nitrogens with one attached hydrogen (secondary N) is 1. The number of aromatic nitrogens is 3. The highest BCUT2D eigenvalue weighted by atomic mass is 79.9. The van der Waals surface area contributed by atoms with E-state index in [2.05, 4.69) is 43.5 Å². The Labute approximate surface area is 131 Å². The Bertz CT molecular complexity index is 719. The summed E-state index contributed by atoms with van der Waals surface area (Å²) in [6.45, 7) is 2.32. The third-order valence-electron chi connectivity index (χ3n) is 5.34. The quantitative estimate of drug-likeness (QED) is 0.784. The van der Waals surface area contributed by atoms with Gasteiger partial charge in [0, 0.05) is 16.7 Å². The van der Waals surface area contributed by atoms with Crippen LogP contribution in [0, 0.1) is 22.5 Å². The van der Waals surface area contributed by atoms with Crippen LogP contribution in [-0.4, -0.2) is 14.5 Å². The summed E-state index contributed by atoms with van der Waals surface area (Å²) >= 11 is 9.02. The van der Waals surface area contributed by atoms with Crippen molar-refractivity contribution in [3.8, 4) is 0 Å². The van der Waals surface area contributed by atoms with Gasteiger partial charge in [-0.15, -0.1) is 0 Å². The van der Waals surface area contributed by atoms with Crippen LogP contribution in [0.4, 0.5) is 0 Å². The molecule has 106 valence electrons. The minimum atomic E-state index is 0.445. The Balaban J connectivity index is 1.78. The molecular formula is C15H18BrN3S. The van der Waals surface area contributed by atoms with Crippen LogP contribution in [0.1, 0.15) is 38.6 Å². The zero-order valence-corrected chi connectivity index (χ0v) is 13.9. The minimum Gasteiger partial charge on any atom is -0.329 e. The molecule has 0 aliphatic heterocycles. The maximum Gasteiger partial charge on any atom is 0.179 e. The molecule has 2 saturated carbocycles. The van der Waals surface area contributed by atoms with Crippen molar-refractivity contribution in [1.82, 2.24) is 14.5 Å². The van der Waals surface area contributed by atoms with Crippen molar-refractivity contribution in [3.05, 3.63) is 21.5 Å². The molecule has 2 aliphatic carbocycles. The molecule has 2 aromatic heterocycles. The maximum absolute atomic E-state index is 5.55. The number of halogens is 1. The Morgan fingerprint density at radius 1 is 1.45 bits per heavy atom. The second-order valence-corrected chi connectivity index (χ2v) is 7.71. The second kappa shape index (κ2) is 4.67. The lowest BCUT2D eigenvalue weighted by molar-refractivity contribution is 0.244. The first-order valence-corrected chi connectivity index (χ1v) is 8.59. The Hall–Kier alpha value is -0.680. The van der Waals surface area contributed by atoms with Gasteiger partial charge in [0.1, 0.15) is 0 Å². The summed E-state index contributed by atoms with van der Waals surface area (Å²) in [7, 11) is 0. The average molecular weight is 352 g/mol. The molecule has 1 N–H and O–H groups in total. The molecule has 2 heterocycles. The third-order valence-corrected chi connectivity index (χ3v) is 6.07. The fourth-order valence-electron chi connectivity index (χ4n) is 4.44. The van der Waals surface area contributed by atoms with Crippen molar-refractivity contribution in [2.75, 3.05) is 0 Å². The van der Waals surface area contributed by atoms with Crippen molar-refractivity contribution < 1.29 is 0 Å². The molecule has 0 amide bonds. The molecule has 2 bridgehead atoms. The molecule has 3 nitrogen and oxygen atoms in total. The van der Waals surface area contributed by atoms with Crippen LogP contribution in [0.25, 0.3) is 11.2 Å². The van der Waals surface area contributed by atoms with Gasteiger partial charge >= 0.3 is 0 Å². The van der Waals surface area contributed by atoms with E-state index in [0.29, 0.717) is 6.04 Å².